The van der Waals surface area contributed by atoms with Gasteiger partial charge in [0, 0.05) is 31.1 Å². The molecule has 0 spiro atoms. The first kappa shape index (κ1) is 44.8. The van der Waals surface area contributed by atoms with Crippen molar-refractivity contribution in [2.24, 2.45) is 5.92 Å². The first-order valence-corrected chi connectivity index (χ1v) is 21.6. The van der Waals surface area contributed by atoms with Gasteiger partial charge in [-0.25, -0.2) is 18.7 Å². The topological polar surface area (TPSA) is 94.7 Å². The lowest BCUT2D eigenvalue weighted by Gasteiger charge is -2.38. The summed E-state index contributed by atoms with van der Waals surface area (Å²) in [6, 6.07) is 24.1. The number of methoxy groups -OCH3 is 2. The Morgan fingerprint density at radius 2 is 1.21 bits per heavy atom. The number of hydrogen-bond acceptors (Lipinski definition) is 6. The highest BCUT2D eigenvalue weighted by Crippen LogP contribution is 2.40. The maximum atomic E-state index is 13.4. The number of amides is 2. The minimum absolute atomic E-state index is 0.0244. The number of aryl methyl sites for hydroxylation is 2. The Morgan fingerprint density at radius 3 is 1.75 bits per heavy atom. The molecule has 6 aromatic rings. The number of likely N-dealkylation sites (tertiary alicyclic amines) is 2. The fourth-order valence-electron chi connectivity index (χ4n) is 8.38. The number of rotatable bonds is 11. The zero-order valence-corrected chi connectivity index (χ0v) is 37.2. The van der Waals surface area contributed by atoms with Crippen LogP contribution in [0.2, 0.25) is 0 Å². The molecule has 0 saturated carbocycles. The number of aromatic nitrogens is 4. The van der Waals surface area contributed by atoms with E-state index < -0.39 is 5.38 Å². The van der Waals surface area contributed by atoms with Crippen LogP contribution >= 0.6 is 11.6 Å². The second-order valence-electron chi connectivity index (χ2n) is 16.1. The third-order valence-corrected chi connectivity index (χ3v) is 12.5. The Kier molecular flexibility index (Phi) is 14.1. The molecule has 4 atom stereocenters. The predicted octanol–water partition coefficient (Wildman–Crippen LogP) is 10.7. The summed E-state index contributed by atoms with van der Waals surface area (Å²) in [6.07, 6.45) is 12.5. The van der Waals surface area contributed by atoms with Gasteiger partial charge < -0.3 is 28.4 Å². The van der Waals surface area contributed by atoms with Gasteiger partial charge in [-0.3, -0.25) is 9.59 Å². The summed E-state index contributed by atoms with van der Waals surface area (Å²) < 4.78 is 41.6. The van der Waals surface area contributed by atoms with E-state index in [1.807, 2.05) is 101 Å². The molecule has 0 N–H and O–H groups in total. The van der Waals surface area contributed by atoms with Crippen LogP contribution in [-0.2, 0) is 9.59 Å². The van der Waals surface area contributed by atoms with Gasteiger partial charge in [0.15, 0.2) is 0 Å². The van der Waals surface area contributed by atoms with Crippen molar-refractivity contribution < 1.29 is 27.8 Å². The first-order chi connectivity index (χ1) is 30.3. The molecule has 4 heterocycles. The van der Waals surface area contributed by atoms with E-state index in [2.05, 4.69) is 9.97 Å². The Morgan fingerprint density at radius 1 is 0.698 bits per heavy atom. The molecular formula is C50H53ClF2N6O4. The third-order valence-electron chi connectivity index (χ3n) is 11.9. The quantitative estimate of drug-likeness (QED) is 0.0951. The summed E-state index contributed by atoms with van der Waals surface area (Å²) in [4.78, 5) is 38.9. The van der Waals surface area contributed by atoms with Crippen LogP contribution in [0.4, 0.5) is 8.78 Å². The second kappa shape index (κ2) is 19.8. The van der Waals surface area contributed by atoms with Gasteiger partial charge in [0.2, 0.25) is 11.8 Å². The lowest BCUT2D eigenvalue weighted by Crippen LogP contribution is -2.43. The van der Waals surface area contributed by atoms with Crippen LogP contribution in [0.5, 0.6) is 11.5 Å². The third kappa shape index (κ3) is 10.2. The van der Waals surface area contributed by atoms with Crippen LogP contribution in [0, 0.1) is 31.4 Å². The van der Waals surface area contributed by atoms with Crippen LogP contribution in [0.3, 0.4) is 0 Å². The summed E-state index contributed by atoms with van der Waals surface area (Å²) in [5, 5.41) is -0.474. The van der Waals surface area contributed by atoms with E-state index in [1.165, 1.54) is 24.3 Å². The van der Waals surface area contributed by atoms with Crippen molar-refractivity contribution in [1.29, 1.82) is 0 Å². The summed E-state index contributed by atoms with van der Waals surface area (Å²) in [5.74, 6) is 0.548. The number of benzene rings is 4. The molecular weight excluding hydrogens is 822 g/mol. The van der Waals surface area contributed by atoms with Crippen molar-refractivity contribution in [2.75, 3.05) is 27.3 Å². The molecule has 2 aromatic heterocycles. The number of nitrogens with zero attached hydrogens (tertiary/aromatic N) is 6. The van der Waals surface area contributed by atoms with Crippen LogP contribution in [0.15, 0.2) is 116 Å². The zero-order chi connectivity index (χ0) is 44.8. The van der Waals surface area contributed by atoms with E-state index in [4.69, 9.17) is 21.1 Å². The molecule has 0 aliphatic carbocycles. The average Bonchev–Trinajstić information content (AvgIpc) is 3.94. The van der Waals surface area contributed by atoms with Crippen molar-refractivity contribution in [1.82, 2.24) is 28.9 Å². The van der Waals surface area contributed by atoms with E-state index in [1.54, 1.807) is 51.1 Å². The monoisotopic (exact) mass is 874 g/mol. The van der Waals surface area contributed by atoms with E-state index in [0.717, 1.165) is 76.3 Å². The van der Waals surface area contributed by atoms with E-state index in [9.17, 15) is 18.4 Å². The normalized spacial score (nSPS) is 17.5. The smallest absolute Gasteiger partial charge is 0.250 e. The molecule has 328 valence electrons. The Balaban J connectivity index is 0.000000189. The minimum atomic E-state index is -0.474. The number of imidazole rings is 2. The summed E-state index contributed by atoms with van der Waals surface area (Å²) in [7, 11) is 3.25. The lowest BCUT2D eigenvalue weighted by atomic mass is 9.88. The van der Waals surface area contributed by atoms with Gasteiger partial charge >= 0.3 is 0 Å². The summed E-state index contributed by atoms with van der Waals surface area (Å²) in [6.45, 7) is 9.19. The van der Waals surface area contributed by atoms with Gasteiger partial charge in [-0.05, 0) is 130 Å². The number of piperidine rings is 2. The van der Waals surface area contributed by atoms with Crippen LogP contribution in [0.25, 0.3) is 17.5 Å². The van der Waals surface area contributed by atoms with Gasteiger partial charge in [-0.2, -0.15) is 0 Å². The number of alkyl halides is 1. The number of halogens is 3. The lowest BCUT2D eigenvalue weighted by molar-refractivity contribution is -0.141. The fraction of sp³-hybridized carbons (Fsp3) is 0.320. The van der Waals surface area contributed by atoms with Gasteiger partial charge in [-0.15, -0.1) is 11.6 Å². The van der Waals surface area contributed by atoms with Crippen LogP contribution in [0.1, 0.15) is 90.6 Å². The molecule has 2 saturated heterocycles. The molecule has 2 fully saturated rings. The molecule has 0 radical (unpaired) electrons. The SMILES string of the molecule is COc1cc(/C=C2\CCCN([C@@H](C)c3ccc(F)cc3)C2=O)ccc1-n1cnc(C)c1.COc1cc(C(Cl)C2CCCN([C@@H](C)c3ccc(F)cc3)C2=O)ccc1-n1cnc(C)c1. The average molecular weight is 875 g/mol. The number of carbonyl (C=O) groups excluding carboxylic acids is 2. The molecule has 0 bridgehead atoms. The fourth-order valence-corrected chi connectivity index (χ4v) is 8.75. The largest absolute Gasteiger partial charge is 0.495 e. The molecule has 4 aromatic carbocycles. The number of hydrogen-bond donors (Lipinski definition) is 0. The number of carbonyl (C=O) groups is 2. The molecule has 2 amide bonds. The Bertz CT molecular complexity index is 2570. The summed E-state index contributed by atoms with van der Waals surface area (Å²) in [5.41, 5.74) is 7.97. The van der Waals surface area contributed by atoms with Gasteiger partial charge in [-0.1, -0.05) is 36.4 Å². The summed E-state index contributed by atoms with van der Waals surface area (Å²) >= 11 is 6.88. The van der Waals surface area contributed by atoms with Gasteiger partial charge in [0.25, 0.3) is 0 Å². The van der Waals surface area contributed by atoms with E-state index in [0.29, 0.717) is 24.6 Å². The molecule has 2 unspecified atom stereocenters. The van der Waals surface area contributed by atoms with Crippen LogP contribution in [-0.4, -0.2) is 68.0 Å². The highest BCUT2D eigenvalue weighted by molar-refractivity contribution is 6.22. The van der Waals surface area contributed by atoms with Crippen LogP contribution < -0.4 is 9.47 Å². The van der Waals surface area contributed by atoms with Crippen molar-refractivity contribution in [3.8, 4) is 22.9 Å². The van der Waals surface area contributed by atoms with Gasteiger partial charge in [0.05, 0.1) is 73.0 Å². The maximum absolute atomic E-state index is 13.4. The van der Waals surface area contributed by atoms with Crippen molar-refractivity contribution in [3.05, 3.63) is 161 Å². The standard InChI is InChI=1S/C25H27ClFN3O2.C25H26FN3O2/c1-16-14-29(15-28-16)22-11-8-19(13-23(22)32-3)24(26)21-5-4-12-30(25(21)31)17(2)18-6-9-20(27)10-7-18;1-17-15-28(16-27-17)23-11-6-19(14-24(23)31-3)13-21-5-4-12-29(25(21)30)18(2)20-7-9-22(26)10-8-20/h6-11,13-15,17,21,24H,4-5,12H2,1-3H3;6-11,13-16,18H,4-5,12H2,1-3H3/b;21-13+/t17-,21?,24?;18-/m00/s1. The predicted molar refractivity (Wildman–Crippen MR) is 241 cm³/mol. The molecule has 2 aliphatic heterocycles. The molecule has 2 aliphatic rings. The second-order valence-corrected chi connectivity index (χ2v) is 16.6. The molecule has 13 heteroatoms. The zero-order valence-electron chi connectivity index (χ0n) is 36.5. The Labute approximate surface area is 372 Å². The molecule has 8 rings (SSSR count). The highest BCUT2D eigenvalue weighted by atomic mass is 35.5. The molecule has 10 nitrogen and oxygen atoms in total. The maximum Gasteiger partial charge on any atom is 0.250 e. The Hall–Kier alpha value is -6.27. The number of ether oxygens (including phenoxy) is 2. The van der Waals surface area contributed by atoms with E-state index >= 15 is 0 Å². The van der Waals surface area contributed by atoms with Gasteiger partial charge in [0.1, 0.15) is 23.1 Å². The van der Waals surface area contributed by atoms with E-state index in [-0.39, 0.29) is 41.5 Å². The van der Waals surface area contributed by atoms with Crippen molar-refractivity contribution >= 4 is 29.5 Å². The minimum Gasteiger partial charge on any atom is -0.495 e. The highest BCUT2D eigenvalue weighted by Gasteiger charge is 2.37. The van der Waals surface area contributed by atoms with Crippen molar-refractivity contribution in [3.63, 3.8) is 0 Å². The van der Waals surface area contributed by atoms with Crippen molar-refractivity contribution in [2.45, 2.75) is 70.8 Å². The first-order valence-electron chi connectivity index (χ1n) is 21.2. The molecule has 63 heavy (non-hydrogen) atoms.